The number of halogens is 2. The summed E-state index contributed by atoms with van der Waals surface area (Å²) in [6, 6.07) is 4.08. The Bertz CT molecular complexity index is 721. The molecule has 3 rings (SSSR count). The first-order valence-corrected chi connectivity index (χ1v) is 8.76. The number of carbonyl (C=O) groups is 2. The fourth-order valence-electron chi connectivity index (χ4n) is 3.39. The number of nitrogens with one attached hydrogen (secondary N) is 1. The molecule has 1 aromatic carbocycles. The van der Waals surface area contributed by atoms with Gasteiger partial charge >= 0.3 is 0 Å². The average Bonchev–Trinajstić information content (AvgIpc) is 3.06. The lowest BCUT2D eigenvalue weighted by Crippen LogP contribution is -2.54. The van der Waals surface area contributed by atoms with Crippen molar-refractivity contribution in [2.24, 2.45) is 0 Å². The molecule has 0 aromatic heterocycles. The number of alkyl halides is 2. The molecular weight excluding hydrogens is 360 g/mol. The lowest BCUT2D eigenvalue weighted by molar-refractivity contribution is -0.135. The Kier molecular flexibility index (Phi) is 5.50. The van der Waals surface area contributed by atoms with Crippen molar-refractivity contribution in [2.45, 2.75) is 18.4 Å². The van der Waals surface area contributed by atoms with E-state index < -0.39 is 24.9 Å². The number of benzene rings is 1. The van der Waals surface area contributed by atoms with E-state index in [2.05, 4.69) is 5.32 Å². The lowest BCUT2D eigenvalue weighted by Gasteiger charge is -2.36. The van der Waals surface area contributed by atoms with Gasteiger partial charge in [-0.2, -0.15) is 0 Å². The van der Waals surface area contributed by atoms with E-state index in [4.69, 9.17) is 9.47 Å². The number of ether oxygens (including phenoxy) is 2. The SMILES string of the molecule is COc1ccc(C(=O)N2CCN(C(=O)C3CC(F)(F)CN3)CC2)cc1OC. The van der Waals surface area contributed by atoms with Gasteiger partial charge < -0.3 is 19.3 Å². The number of methoxy groups -OCH3 is 2. The number of carbonyl (C=O) groups excluding carboxylic acids is 2. The first-order valence-electron chi connectivity index (χ1n) is 8.76. The molecule has 148 valence electrons. The van der Waals surface area contributed by atoms with E-state index in [0.717, 1.165) is 0 Å². The van der Waals surface area contributed by atoms with Crippen molar-refractivity contribution in [2.75, 3.05) is 46.9 Å². The highest BCUT2D eigenvalue weighted by molar-refractivity contribution is 5.95. The van der Waals surface area contributed by atoms with Crippen LogP contribution < -0.4 is 14.8 Å². The number of rotatable bonds is 4. The summed E-state index contributed by atoms with van der Waals surface area (Å²) in [5, 5.41) is 2.58. The fraction of sp³-hybridized carbons (Fsp3) is 0.556. The van der Waals surface area contributed by atoms with Crippen LogP contribution in [0.5, 0.6) is 11.5 Å². The van der Waals surface area contributed by atoms with Crippen molar-refractivity contribution >= 4 is 11.8 Å². The van der Waals surface area contributed by atoms with E-state index in [9.17, 15) is 18.4 Å². The predicted octanol–water partition coefficient (Wildman–Crippen LogP) is 0.985. The number of piperazine rings is 1. The zero-order valence-corrected chi connectivity index (χ0v) is 15.3. The van der Waals surface area contributed by atoms with Crippen molar-refractivity contribution in [1.29, 1.82) is 0 Å². The minimum Gasteiger partial charge on any atom is -0.493 e. The standard InChI is InChI=1S/C18H23F2N3O4/c1-26-14-4-3-12(9-15(14)27-2)16(24)22-5-7-23(8-6-22)17(25)13-10-18(19,20)11-21-13/h3-4,9,13,21H,5-8,10-11H2,1-2H3. The van der Waals surface area contributed by atoms with Crippen LogP contribution in [0, 0.1) is 0 Å². The van der Waals surface area contributed by atoms with E-state index in [1.54, 1.807) is 23.1 Å². The maximum Gasteiger partial charge on any atom is 0.262 e. The van der Waals surface area contributed by atoms with Crippen molar-refractivity contribution in [3.63, 3.8) is 0 Å². The average molecular weight is 383 g/mol. The molecule has 1 atom stereocenters. The maximum atomic E-state index is 13.3. The second-order valence-corrected chi connectivity index (χ2v) is 6.68. The molecule has 0 bridgehead atoms. The normalized spacial score (nSPS) is 21.9. The molecule has 2 aliphatic heterocycles. The van der Waals surface area contributed by atoms with Crippen molar-refractivity contribution in [1.82, 2.24) is 15.1 Å². The molecule has 0 saturated carbocycles. The number of hydrogen-bond donors (Lipinski definition) is 1. The first-order chi connectivity index (χ1) is 12.8. The summed E-state index contributed by atoms with van der Waals surface area (Å²) < 4.78 is 37.0. The number of hydrogen-bond acceptors (Lipinski definition) is 5. The zero-order chi connectivity index (χ0) is 19.6. The third-order valence-corrected chi connectivity index (χ3v) is 4.92. The molecule has 2 fully saturated rings. The molecule has 2 saturated heterocycles. The third kappa shape index (κ3) is 4.13. The molecule has 0 radical (unpaired) electrons. The summed E-state index contributed by atoms with van der Waals surface area (Å²) in [7, 11) is 3.02. The summed E-state index contributed by atoms with van der Waals surface area (Å²) >= 11 is 0. The van der Waals surface area contributed by atoms with E-state index in [1.165, 1.54) is 19.1 Å². The summed E-state index contributed by atoms with van der Waals surface area (Å²) in [5.41, 5.74) is 0.463. The quantitative estimate of drug-likeness (QED) is 0.840. The highest BCUT2D eigenvalue weighted by Gasteiger charge is 2.44. The summed E-state index contributed by atoms with van der Waals surface area (Å²) in [6.45, 7) is 0.869. The van der Waals surface area contributed by atoms with Gasteiger partial charge in [-0.05, 0) is 18.2 Å². The van der Waals surface area contributed by atoms with E-state index in [1.807, 2.05) is 0 Å². The van der Waals surface area contributed by atoms with Crippen molar-refractivity contribution < 1.29 is 27.8 Å². The van der Waals surface area contributed by atoms with Gasteiger partial charge in [0.1, 0.15) is 0 Å². The van der Waals surface area contributed by atoms with Crippen LogP contribution in [0.15, 0.2) is 18.2 Å². The van der Waals surface area contributed by atoms with Gasteiger partial charge in [-0.3, -0.25) is 14.9 Å². The van der Waals surface area contributed by atoms with Crippen LogP contribution in [-0.4, -0.2) is 80.5 Å². The Morgan fingerprint density at radius 1 is 1.07 bits per heavy atom. The van der Waals surface area contributed by atoms with Gasteiger partial charge in [-0.15, -0.1) is 0 Å². The molecule has 27 heavy (non-hydrogen) atoms. The molecule has 0 spiro atoms. The lowest BCUT2D eigenvalue weighted by atomic mass is 10.1. The highest BCUT2D eigenvalue weighted by atomic mass is 19.3. The molecule has 1 N–H and O–H groups in total. The van der Waals surface area contributed by atoms with E-state index >= 15 is 0 Å². The minimum absolute atomic E-state index is 0.173. The molecular formula is C18H23F2N3O4. The van der Waals surface area contributed by atoms with Gasteiger partial charge in [0, 0.05) is 38.2 Å². The third-order valence-electron chi connectivity index (χ3n) is 4.92. The molecule has 2 amide bonds. The Labute approximate surface area is 156 Å². The minimum atomic E-state index is -2.84. The van der Waals surface area contributed by atoms with Crippen LogP contribution in [0.2, 0.25) is 0 Å². The van der Waals surface area contributed by atoms with Gasteiger partial charge in [0.25, 0.3) is 11.8 Å². The monoisotopic (exact) mass is 383 g/mol. The largest absolute Gasteiger partial charge is 0.493 e. The van der Waals surface area contributed by atoms with Crippen LogP contribution in [-0.2, 0) is 4.79 Å². The Morgan fingerprint density at radius 3 is 2.26 bits per heavy atom. The van der Waals surface area contributed by atoms with Crippen molar-refractivity contribution in [3.8, 4) is 11.5 Å². The molecule has 1 unspecified atom stereocenters. The van der Waals surface area contributed by atoms with Crippen LogP contribution >= 0.6 is 0 Å². The van der Waals surface area contributed by atoms with Gasteiger partial charge in [-0.1, -0.05) is 0 Å². The second kappa shape index (κ2) is 7.67. The summed E-state index contributed by atoms with van der Waals surface area (Å²) in [5.74, 6) is -2.35. The van der Waals surface area contributed by atoms with Crippen LogP contribution in [0.25, 0.3) is 0 Å². The van der Waals surface area contributed by atoms with Crippen LogP contribution in [0.4, 0.5) is 8.78 Å². The molecule has 2 heterocycles. The van der Waals surface area contributed by atoms with E-state index in [0.29, 0.717) is 43.2 Å². The van der Waals surface area contributed by atoms with Gasteiger partial charge in [0.2, 0.25) is 5.91 Å². The van der Waals surface area contributed by atoms with Gasteiger partial charge in [-0.25, -0.2) is 8.78 Å². The summed E-state index contributed by atoms with van der Waals surface area (Å²) in [6.07, 6.45) is -0.476. The topological polar surface area (TPSA) is 71.1 Å². The zero-order valence-electron chi connectivity index (χ0n) is 15.3. The van der Waals surface area contributed by atoms with Gasteiger partial charge in [0.15, 0.2) is 11.5 Å². The van der Waals surface area contributed by atoms with Gasteiger partial charge in [0.05, 0.1) is 26.8 Å². The highest BCUT2D eigenvalue weighted by Crippen LogP contribution is 2.29. The molecule has 7 nitrogen and oxygen atoms in total. The fourth-order valence-corrected chi connectivity index (χ4v) is 3.39. The first kappa shape index (κ1) is 19.3. The summed E-state index contributed by atoms with van der Waals surface area (Å²) in [4.78, 5) is 28.3. The molecule has 2 aliphatic rings. The second-order valence-electron chi connectivity index (χ2n) is 6.68. The predicted molar refractivity (Wildman–Crippen MR) is 93.4 cm³/mol. The van der Waals surface area contributed by atoms with Crippen molar-refractivity contribution in [3.05, 3.63) is 23.8 Å². The molecule has 1 aromatic rings. The Hall–Kier alpha value is -2.42. The number of amides is 2. The van der Waals surface area contributed by atoms with Crippen LogP contribution in [0.1, 0.15) is 16.8 Å². The Balaban J connectivity index is 1.59. The number of nitrogens with zero attached hydrogens (tertiary/aromatic N) is 2. The molecule has 0 aliphatic carbocycles. The maximum absolute atomic E-state index is 13.3. The molecule has 9 heteroatoms. The Morgan fingerprint density at radius 2 is 1.70 bits per heavy atom. The van der Waals surface area contributed by atoms with Crippen LogP contribution in [0.3, 0.4) is 0 Å². The smallest absolute Gasteiger partial charge is 0.262 e. The van der Waals surface area contributed by atoms with E-state index in [-0.39, 0.29) is 11.8 Å².